The average molecular weight is 517 g/mol. The normalized spacial score (nSPS) is 16.6. The molecule has 2 aromatic rings. The lowest BCUT2D eigenvalue weighted by Gasteiger charge is -2.29. The van der Waals surface area contributed by atoms with E-state index < -0.39 is 33.6 Å². The second-order valence-corrected chi connectivity index (χ2v) is 10.8. The minimum Gasteiger partial charge on any atom is -0.504 e. The van der Waals surface area contributed by atoms with Gasteiger partial charge in [0.25, 0.3) is 0 Å². The topological polar surface area (TPSA) is 131 Å². The number of aromatic hydroxyl groups is 1. The Balaban J connectivity index is 2.11. The Hall–Kier alpha value is -2.57. The van der Waals surface area contributed by atoms with E-state index in [1.807, 2.05) is 0 Å². The lowest BCUT2D eigenvalue weighted by Crippen LogP contribution is -2.47. The summed E-state index contributed by atoms with van der Waals surface area (Å²) in [7, 11) is -1.34. The summed E-state index contributed by atoms with van der Waals surface area (Å²) < 4.78 is 36.3. The number of esters is 1. The van der Waals surface area contributed by atoms with Gasteiger partial charge in [0, 0.05) is 5.70 Å². The van der Waals surface area contributed by atoms with Crippen molar-refractivity contribution in [2.45, 2.75) is 10.3 Å². The molecule has 0 spiro atoms. The van der Waals surface area contributed by atoms with Gasteiger partial charge in [-0.05, 0) is 45.8 Å². The van der Waals surface area contributed by atoms with E-state index in [-0.39, 0.29) is 27.0 Å². The van der Waals surface area contributed by atoms with Crippen molar-refractivity contribution in [2.24, 2.45) is 0 Å². The Morgan fingerprint density at radius 3 is 2.60 bits per heavy atom. The number of hydrogen-bond donors (Lipinski definition) is 3. The molecule has 3 rings (SSSR count). The number of sulfone groups is 1. The van der Waals surface area contributed by atoms with Crippen LogP contribution in [0.1, 0.15) is 11.6 Å². The number of ether oxygens (including phenoxy) is 2. The molecule has 160 valence electrons. The molecule has 2 heterocycles. The number of amides is 2. The first-order valence-corrected chi connectivity index (χ1v) is 11.7. The summed E-state index contributed by atoms with van der Waals surface area (Å²) in [5.41, 5.74) is 0.241. The van der Waals surface area contributed by atoms with Crippen LogP contribution in [0.3, 0.4) is 0 Å². The number of phenols is 1. The van der Waals surface area contributed by atoms with Crippen LogP contribution < -0.4 is 15.4 Å². The highest BCUT2D eigenvalue weighted by Gasteiger charge is 2.36. The van der Waals surface area contributed by atoms with Crippen LogP contribution in [-0.4, -0.2) is 45.5 Å². The molecule has 9 nitrogen and oxygen atoms in total. The van der Waals surface area contributed by atoms with Gasteiger partial charge >= 0.3 is 12.0 Å². The minimum atomic E-state index is -3.85. The van der Waals surface area contributed by atoms with Crippen molar-refractivity contribution in [3.8, 4) is 11.5 Å². The van der Waals surface area contributed by atoms with Gasteiger partial charge in [0.2, 0.25) is 0 Å². The summed E-state index contributed by atoms with van der Waals surface area (Å²) in [6.07, 6.45) is 0. The van der Waals surface area contributed by atoms with Gasteiger partial charge in [-0.2, -0.15) is 0 Å². The molecule has 0 saturated heterocycles. The summed E-state index contributed by atoms with van der Waals surface area (Å²) in [5.74, 6) is -1.42. The highest BCUT2D eigenvalue weighted by Crippen LogP contribution is 2.35. The van der Waals surface area contributed by atoms with Crippen molar-refractivity contribution in [1.29, 1.82) is 0 Å². The van der Waals surface area contributed by atoms with Crippen molar-refractivity contribution in [3.05, 3.63) is 51.0 Å². The number of nitrogens with one attached hydrogen (secondary N) is 2. The van der Waals surface area contributed by atoms with E-state index in [1.54, 1.807) is 6.07 Å². The van der Waals surface area contributed by atoms with E-state index in [1.165, 1.54) is 31.4 Å². The highest BCUT2D eigenvalue weighted by atomic mass is 79.9. The number of benzene rings is 1. The van der Waals surface area contributed by atoms with Crippen LogP contribution in [0, 0.1) is 0 Å². The largest absolute Gasteiger partial charge is 0.504 e. The molecule has 1 aliphatic rings. The second kappa shape index (κ2) is 8.66. The van der Waals surface area contributed by atoms with Gasteiger partial charge in [0.05, 0.1) is 35.4 Å². The lowest BCUT2D eigenvalue weighted by atomic mass is 9.95. The number of thiophene rings is 1. The molecular formula is C18H17BrN2O7S2. The molecule has 12 heteroatoms. The molecule has 0 saturated carbocycles. The van der Waals surface area contributed by atoms with Crippen molar-refractivity contribution < 1.29 is 32.6 Å². The molecular weight excluding hydrogens is 500 g/mol. The molecule has 1 aromatic heterocycles. The molecule has 0 bridgehead atoms. The van der Waals surface area contributed by atoms with E-state index in [0.717, 1.165) is 18.4 Å². The van der Waals surface area contributed by atoms with E-state index >= 15 is 0 Å². The Kier molecular flexibility index (Phi) is 6.38. The van der Waals surface area contributed by atoms with Gasteiger partial charge < -0.3 is 25.2 Å². The third-order valence-electron chi connectivity index (χ3n) is 4.29. The number of methoxy groups -OCH3 is 2. The number of hydrogen-bond acceptors (Lipinski definition) is 8. The Labute approximate surface area is 184 Å². The fourth-order valence-electron chi connectivity index (χ4n) is 2.93. The summed E-state index contributed by atoms with van der Waals surface area (Å²) in [6.45, 7) is 0. The lowest BCUT2D eigenvalue weighted by molar-refractivity contribution is -0.136. The maximum Gasteiger partial charge on any atom is 0.338 e. The number of phenolic OH excluding ortho intramolecular Hbond substituents is 1. The maximum atomic E-state index is 12.8. The van der Waals surface area contributed by atoms with E-state index in [2.05, 4.69) is 26.6 Å². The summed E-state index contributed by atoms with van der Waals surface area (Å²) in [6, 6.07) is 5.61. The van der Waals surface area contributed by atoms with E-state index in [0.29, 0.717) is 9.35 Å². The fourth-order valence-corrected chi connectivity index (χ4v) is 6.35. The minimum absolute atomic E-state index is 0.0657. The van der Waals surface area contributed by atoms with Crippen molar-refractivity contribution >= 4 is 49.1 Å². The highest BCUT2D eigenvalue weighted by molar-refractivity contribution is 9.11. The van der Waals surface area contributed by atoms with Crippen LogP contribution in [0.15, 0.2) is 49.6 Å². The zero-order valence-electron chi connectivity index (χ0n) is 15.8. The Morgan fingerprint density at radius 1 is 1.27 bits per heavy atom. The standard InChI is InChI=1S/C18H17BrN2O7S2/c1-27-12-7-9(3-4-11(12)22)16-15(17(23)28-2)10(20-18(24)21-16)8-30(25,26)14-6-5-13(19)29-14/h3-7,16,22H,8H2,1-2H3,(H2,20,21,24)/t16-/m1/s1. The SMILES string of the molecule is COC(=O)C1=C(CS(=O)(=O)c2ccc(Br)s2)NC(=O)N[C@@H]1c1ccc(O)c(OC)c1. The van der Waals surface area contributed by atoms with Crippen LogP contribution >= 0.6 is 27.3 Å². The van der Waals surface area contributed by atoms with Gasteiger partial charge in [-0.25, -0.2) is 18.0 Å². The first-order valence-electron chi connectivity index (χ1n) is 8.40. The molecule has 1 aliphatic heterocycles. The smallest absolute Gasteiger partial charge is 0.338 e. The molecule has 3 N–H and O–H groups in total. The number of rotatable bonds is 6. The first kappa shape index (κ1) is 22.1. The predicted octanol–water partition coefficient (Wildman–Crippen LogP) is 2.48. The quantitative estimate of drug-likeness (QED) is 0.502. The molecule has 0 aliphatic carbocycles. The molecule has 30 heavy (non-hydrogen) atoms. The van der Waals surface area contributed by atoms with Crippen LogP contribution in [-0.2, 0) is 19.4 Å². The molecule has 0 fully saturated rings. The van der Waals surface area contributed by atoms with Gasteiger partial charge in [0.15, 0.2) is 21.3 Å². The van der Waals surface area contributed by atoms with Crippen molar-refractivity contribution in [2.75, 3.05) is 20.0 Å². The van der Waals surface area contributed by atoms with Crippen LogP contribution in [0.25, 0.3) is 0 Å². The fraction of sp³-hybridized carbons (Fsp3) is 0.222. The van der Waals surface area contributed by atoms with Gasteiger partial charge in [-0.1, -0.05) is 6.07 Å². The summed E-state index contributed by atoms with van der Waals surface area (Å²) >= 11 is 4.24. The van der Waals surface area contributed by atoms with Gasteiger partial charge in [-0.3, -0.25) is 0 Å². The average Bonchev–Trinajstić information content (AvgIpc) is 3.14. The molecule has 0 unspecified atom stereocenters. The maximum absolute atomic E-state index is 12.8. The molecule has 1 atom stereocenters. The monoisotopic (exact) mass is 516 g/mol. The summed E-state index contributed by atoms with van der Waals surface area (Å²) in [5, 5.41) is 14.8. The molecule has 0 radical (unpaired) electrons. The number of carbonyl (C=O) groups is 2. The van der Waals surface area contributed by atoms with Gasteiger partial charge in [-0.15, -0.1) is 11.3 Å². The Morgan fingerprint density at radius 2 is 2.00 bits per heavy atom. The van der Waals surface area contributed by atoms with Crippen molar-refractivity contribution in [1.82, 2.24) is 10.6 Å². The zero-order chi connectivity index (χ0) is 22.1. The number of halogens is 1. The van der Waals surface area contributed by atoms with Crippen molar-refractivity contribution in [3.63, 3.8) is 0 Å². The molecule has 1 aromatic carbocycles. The summed E-state index contributed by atoms with van der Waals surface area (Å²) in [4.78, 5) is 24.8. The van der Waals surface area contributed by atoms with E-state index in [9.17, 15) is 23.1 Å². The molecule has 2 amide bonds. The predicted molar refractivity (Wildman–Crippen MR) is 112 cm³/mol. The number of carbonyl (C=O) groups excluding carboxylic acids is 2. The van der Waals surface area contributed by atoms with Gasteiger partial charge in [0.1, 0.15) is 4.21 Å². The Bertz CT molecular complexity index is 1140. The third kappa shape index (κ3) is 4.45. The van der Waals surface area contributed by atoms with Crippen LogP contribution in [0.4, 0.5) is 4.79 Å². The second-order valence-electron chi connectivity index (χ2n) is 6.16. The first-order chi connectivity index (χ1) is 14.2. The third-order valence-corrected chi connectivity index (χ3v) is 8.13. The number of urea groups is 1. The van der Waals surface area contributed by atoms with Crippen LogP contribution in [0.5, 0.6) is 11.5 Å². The van der Waals surface area contributed by atoms with E-state index in [4.69, 9.17) is 9.47 Å². The van der Waals surface area contributed by atoms with Crippen LogP contribution in [0.2, 0.25) is 0 Å². The zero-order valence-corrected chi connectivity index (χ0v) is 19.0.